The number of nitrogens with zero attached hydrogens (tertiary/aromatic N) is 2. The highest BCUT2D eigenvalue weighted by atomic mass is 32.1. The summed E-state index contributed by atoms with van der Waals surface area (Å²) < 4.78 is 0. The van der Waals surface area contributed by atoms with Crippen LogP contribution in [0.3, 0.4) is 0 Å². The summed E-state index contributed by atoms with van der Waals surface area (Å²) in [5, 5.41) is 4.56. The molecule has 0 fully saturated rings. The summed E-state index contributed by atoms with van der Waals surface area (Å²) in [5.74, 6) is 1.56. The van der Waals surface area contributed by atoms with Crippen molar-refractivity contribution < 1.29 is 0 Å². The summed E-state index contributed by atoms with van der Waals surface area (Å²) in [6.45, 7) is 5.97. The summed E-state index contributed by atoms with van der Waals surface area (Å²) in [6.07, 6.45) is 3.83. The summed E-state index contributed by atoms with van der Waals surface area (Å²) in [6, 6.07) is 2.15. The van der Waals surface area contributed by atoms with Gasteiger partial charge in [0.05, 0.1) is 5.39 Å². The zero-order valence-corrected chi connectivity index (χ0v) is 11.8. The highest BCUT2D eigenvalue weighted by Crippen LogP contribution is 2.27. The number of fused-ring (bicyclic) bond motifs is 1. The topological polar surface area (TPSA) is 63.8 Å². The van der Waals surface area contributed by atoms with Gasteiger partial charge in [0.25, 0.3) is 0 Å². The molecule has 0 saturated carbocycles. The van der Waals surface area contributed by atoms with Crippen LogP contribution in [0.15, 0.2) is 12.4 Å². The molecule has 0 radical (unpaired) electrons. The van der Waals surface area contributed by atoms with Gasteiger partial charge in [0.2, 0.25) is 0 Å². The summed E-state index contributed by atoms with van der Waals surface area (Å²) in [5.41, 5.74) is 5.62. The van der Waals surface area contributed by atoms with E-state index in [1.54, 1.807) is 17.7 Å². The summed E-state index contributed by atoms with van der Waals surface area (Å²) >= 11 is 1.71. The molecular formula is C13H20N4S. The molecule has 2 aromatic heterocycles. The molecule has 3 N–H and O–H groups in total. The van der Waals surface area contributed by atoms with Gasteiger partial charge in [-0.2, -0.15) is 0 Å². The zero-order chi connectivity index (χ0) is 13.0. The number of thiophene rings is 1. The Balaban J connectivity index is 2.11. The number of aromatic nitrogens is 2. The number of nitrogens with one attached hydrogen (secondary N) is 1. The first-order chi connectivity index (χ1) is 8.74. The lowest BCUT2D eigenvalue weighted by Crippen LogP contribution is -2.18. The molecule has 0 aliphatic rings. The Morgan fingerprint density at radius 1 is 1.44 bits per heavy atom. The maximum Gasteiger partial charge on any atom is 0.138 e. The fraction of sp³-hybridized carbons (Fsp3) is 0.538. The first-order valence-corrected chi connectivity index (χ1v) is 7.21. The molecule has 4 nitrogen and oxygen atoms in total. The summed E-state index contributed by atoms with van der Waals surface area (Å²) in [7, 11) is 0. The minimum absolute atomic E-state index is 0.611. The monoisotopic (exact) mass is 264 g/mol. The largest absolute Gasteiger partial charge is 0.369 e. The van der Waals surface area contributed by atoms with Crippen LogP contribution in [0.2, 0.25) is 0 Å². The van der Waals surface area contributed by atoms with Crippen LogP contribution in [0, 0.1) is 12.8 Å². The molecule has 2 heterocycles. The third-order valence-corrected chi connectivity index (χ3v) is 4.12. The third kappa shape index (κ3) is 2.97. The van der Waals surface area contributed by atoms with Gasteiger partial charge in [-0.1, -0.05) is 13.3 Å². The predicted octanol–water partition coefficient (Wildman–Crippen LogP) is 2.79. The molecule has 0 bridgehead atoms. The highest BCUT2D eigenvalue weighted by molar-refractivity contribution is 7.18. The van der Waals surface area contributed by atoms with Crippen molar-refractivity contribution in [2.75, 3.05) is 18.4 Å². The average molecular weight is 264 g/mol. The molecule has 98 valence electrons. The second kappa shape index (κ2) is 6.11. The van der Waals surface area contributed by atoms with Crippen LogP contribution >= 0.6 is 11.3 Å². The van der Waals surface area contributed by atoms with E-state index in [-0.39, 0.29) is 0 Å². The number of hydrogen-bond donors (Lipinski definition) is 2. The Kier molecular flexibility index (Phi) is 4.49. The predicted molar refractivity (Wildman–Crippen MR) is 78.1 cm³/mol. The Morgan fingerprint density at radius 3 is 3.00 bits per heavy atom. The Labute approximate surface area is 112 Å². The lowest BCUT2D eigenvalue weighted by molar-refractivity contribution is 0.501. The molecular weight excluding hydrogens is 244 g/mol. The van der Waals surface area contributed by atoms with Gasteiger partial charge in [-0.3, -0.25) is 0 Å². The van der Waals surface area contributed by atoms with Crippen molar-refractivity contribution in [1.82, 2.24) is 9.97 Å². The molecule has 5 heteroatoms. The lowest BCUT2D eigenvalue weighted by Gasteiger charge is -2.15. The maximum absolute atomic E-state index is 5.62. The number of nitrogens with two attached hydrogens (primary N) is 1. The van der Waals surface area contributed by atoms with Crippen molar-refractivity contribution in [2.24, 2.45) is 11.7 Å². The van der Waals surface area contributed by atoms with Gasteiger partial charge in [0.1, 0.15) is 17.0 Å². The van der Waals surface area contributed by atoms with Gasteiger partial charge in [0.15, 0.2) is 0 Å². The van der Waals surface area contributed by atoms with Crippen LogP contribution in [0.25, 0.3) is 10.2 Å². The van der Waals surface area contributed by atoms with E-state index < -0.39 is 0 Å². The van der Waals surface area contributed by atoms with Crippen LogP contribution in [0.1, 0.15) is 24.6 Å². The van der Waals surface area contributed by atoms with Crippen molar-refractivity contribution >= 4 is 27.4 Å². The standard InChI is InChI=1S/C13H20N4S/c1-3-10(4-5-14)7-15-12-11-6-9(2)18-13(11)17-8-16-12/h6,8,10H,3-5,7,14H2,1-2H3,(H,15,16,17). The van der Waals surface area contributed by atoms with Crippen LogP contribution in [0.5, 0.6) is 0 Å². The van der Waals surface area contributed by atoms with Crippen molar-refractivity contribution in [2.45, 2.75) is 26.7 Å². The van der Waals surface area contributed by atoms with Crippen LogP contribution in [0.4, 0.5) is 5.82 Å². The fourth-order valence-corrected chi connectivity index (χ4v) is 2.89. The molecule has 2 rings (SSSR count). The SMILES string of the molecule is CCC(CCN)CNc1ncnc2sc(C)cc12. The van der Waals surface area contributed by atoms with E-state index in [1.165, 1.54) is 4.88 Å². The minimum atomic E-state index is 0.611. The van der Waals surface area contributed by atoms with E-state index in [0.29, 0.717) is 5.92 Å². The molecule has 0 aromatic carbocycles. The van der Waals surface area contributed by atoms with E-state index in [4.69, 9.17) is 5.73 Å². The van der Waals surface area contributed by atoms with Gasteiger partial charge in [-0.05, 0) is 31.9 Å². The molecule has 0 aliphatic heterocycles. The normalized spacial score (nSPS) is 12.8. The Morgan fingerprint density at radius 2 is 2.28 bits per heavy atom. The van der Waals surface area contributed by atoms with Gasteiger partial charge in [0, 0.05) is 11.4 Å². The smallest absolute Gasteiger partial charge is 0.138 e. The second-order valence-electron chi connectivity index (χ2n) is 4.53. The first kappa shape index (κ1) is 13.2. The number of anilines is 1. The zero-order valence-electron chi connectivity index (χ0n) is 10.9. The first-order valence-electron chi connectivity index (χ1n) is 6.39. The molecule has 18 heavy (non-hydrogen) atoms. The van der Waals surface area contributed by atoms with Gasteiger partial charge in [-0.25, -0.2) is 9.97 Å². The quantitative estimate of drug-likeness (QED) is 0.842. The van der Waals surface area contributed by atoms with E-state index in [1.807, 2.05) is 0 Å². The number of aryl methyl sites for hydroxylation is 1. The average Bonchev–Trinajstić information content (AvgIpc) is 2.75. The molecule has 1 unspecified atom stereocenters. The molecule has 0 saturated heterocycles. The van der Waals surface area contributed by atoms with Crippen molar-refractivity contribution in [3.05, 3.63) is 17.3 Å². The minimum Gasteiger partial charge on any atom is -0.369 e. The van der Waals surface area contributed by atoms with E-state index >= 15 is 0 Å². The van der Waals surface area contributed by atoms with Crippen molar-refractivity contribution in [1.29, 1.82) is 0 Å². The third-order valence-electron chi connectivity index (χ3n) is 3.16. The number of rotatable bonds is 6. The van der Waals surface area contributed by atoms with E-state index in [9.17, 15) is 0 Å². The Hall–Kier alpha value is -1.20. The van der Waals surface area contributed by atoms with Gasteiger partial charge >= 0.3 is 0 Å². The molecule has 2 aromatic rings. The molecule has 0 aliphatic carbocycles. The molecule has 1 atom stereocenters. The van der Waals surface area contributed by atoms with Gasteiger partial charge < -0.3 is 11.1 Å². The molecule has 0 spiro atoms. The van der Waals surface area contributed by atoms with Crippen molar-refractivity contribution in [3.8, 4) is 0 Å². The number of hydrogen-bond acceptors (Lipinski definition) is 5. The maximum atomic E-state index is 5.62. The van der Waals surface area contributed by atoms with Crippen LogP contribution in [-0.2, 0) is 0 Å². The second-order valence-corrected chi connectivity index (χ2v) is 5.77. The van der Waals surface area contributed by atoms with Crippen molar-refractivity contribution in [3.63, 3.8) is 0 Å². The highest BCUT2D eigenvalue weighted by Gasteiger charge is 2.09. The Bertz CT molecular complexity index is 509. The summed E-state index contributed by atoms with van der Waals surface area (Å²) in [4.78, 5) is 11.0. The molecule has 0 amide bonds. The van der Waals surface area contributed by atoms with Gasteiger partial charge in [-0.15, -0.1) is 11.3 Å². The van der Waals surface area contributed by atoms with Crippen LogP contribution in [-0.4, -0.2) is 23.1 Å². The fourth-order valence-electron chi connectivity index (χ4n) is 2.04. The lowest BCUT2D eigenvalue weighted by atomic mass is 10.0. The van der Waals surface area contributed by atoms with Crippen LogP contribution < -0.4 is 11.1 Å². The van der Waals surface area contributed by atoms with E-state index in [2.05, 4.69) is 35.2 Å². The van der Waals surface area contributed by atoms with E-state index in [0.717, 1.165) is 42.0 Å².